The molecule has 0 aromatic carbocycles. The fourth-order valence-corrected chi connectivity index (χ4v) is 1.17. The van der Waals surface area contributed by atoms with Crippen molar-refractivity contribution in [3.05, 3.63) is 11.6 Å². The first-order valence-electron chi connectivity index (χ1n) is 4.58. The second-order valence-corrected chi connectivity index (χ2v) is 3.29. The summed E-state index contributed by atoms with van der Waals surface area (Å²) in [6.45, 7) is 5.10. The first kappa shape index (κ1) is 12.2. The third-order valence-electron chi connectivity index (χ3n) is 2.19. The molecule has 0 bridgehead atoms. The van der Waals surface area contributed by atoms with Crippen molar-refractivity contribution in [2.24, 2.45) is 0 Å². The van der Waals surface area contributed by atoms with E-state index in [9.17, 15) is 9.90 Å². The van der Waals surface area contributed by atoms with Crippen LogP contribution in [0.3, 0.4) is 0 Å². The number of carboxylic acids is 1. The number of carboxylic acid groups (broad SMARTS) is 1. The van der Waals surface area contributed by atoms with Crippen LogP contribution in [0.2, 0.25) is 0 Å². The molecule has 0 saturated carbocycles. The molecule has 0 heterocycles. The first-order valence-corrected chi connectivity index (χ1v) is 4.58. The highest BCUT2D eigenvalue weighted by Crippen LogP contribution is 2.22. The van der Waals surface area contributed by atoms with Crippen LogP contribution >= 0.6 is 0 Å². The summed E-state index contributed by atoms with van der Waals surface area (Å²) in [7, 11) is 0. The summed E-state index contributed by atoms with van der Waals surface area (Å²) < 4.78 is 0. The molecule has 2 N–H and O–H groups in total. The van der Waals surface area contributed by atoms with Crippen molar-refractivity contribution in [3.8, 4) is 0 Å². The molecule has 3 nitrogen and oxygen atoms in total. The van der Waals surface area contributed by atoms with E-state index in [4.69, 9.17) is 5.11 Å². The number of rotatable bonds is 5. The summed E-state index contributed by atoms with van der Waals surface area (Å²) in [6, 6.07) is 0. The van der Waals surface area contributed by atoms with Crippen LogP contribution in [0.1, 0.15) is 40.0 Å². The van der Waals surface area contributed by atoms with Gasteiger partial charge in [-0.2, -0.15) is 0 Å². The number of unbranched alkanes of at least 4 members (excludes halogenated alkanes) is 1. The van der Waals surface area contributed by atoms with Crippen LogP contribution in [-0.2, 0) is 4.79 Å². The fourth-order valence-electron chi connectivity index (χ4n) is 1.17. The minimum Gasteiger partial charge on any atom is -0.479 e. The van der Waals surface area contributed by atoms with Crippen molar-refractivity contribution < 1.29 is 15.0 Å². The molecular weight excluding hydrogens is 168 g/mol. The van der Waals surface area contributed by atoms with Gasteiger partial charge in [-0.3, -0.25) is 0 Å². The molecular formula is C10H18O3. The molecule has 0 aromatic rings. The zero-order valence-corrected chi connectivity index (χ0v) is 8.50. The Morgan fingerprint density at radius 2 is 2.08 bits per heavy atom. The predicted molar refractivity (Wildman–Crippen MR) is 51.5 cm³/mol. The molecule has 1 atom stereocenters. The number of carbonyl (C=O) groups is 1. The van der Waals surface area contributed by atoms with Crippen LogP contribution in [0.5, 0.6) is 0 Å². The van der Waals surface area contributed by atoms with E-state index in [0.29, 0.717) is 12.0 Å². The van der Waals surface area contributed by atoms with Gasteiger partial charge in [0.2, 0.25) is 0 Å². The highest BCUT2D eigenvalue weighted by Gasteiger charge is 2.33. The zero-order chi connectivity index (χ0) is 10.5. The quantitative estimate of drug-likeness (QED) is 0.645. The number of hydrogen-bond acceptors (Lipinski definition) is 2. The SMILES string of the molecule is C/C=C(\CCCC)C(C)(O)C(=O)O. The number of allylic oxidation sites excluding steroid dienone is 1. The number of hydrogen-bond donors (Lipinski definition) is 2. The Balaban J connectivity index is 4.49. The van der Waals surface area contributed by atoms with Gasteiger partial charge in [0.15, 0.2) is 5.60 Å². The van der Waals surface area contributed by atoms with Crippen LogP contribution in [-0.4, -0.2) is 21.8 Å². The van der Waals surface area contributed by atoms with Gasteiger partial charge in [-0.1, -0.05) is 19.4 Å². The molecule has 0 aliphatic rings. The Hall–Kier alpha value is -0.830. The van der Waals surface area contributed by atoms with Crippen LogP contribution in [0.4, 0.5) is 0 Å². The average Bonchev–Trinajstić information content (AvgIpc) is 2.05. The lowest BCUT2D eigenvalue weighted by Crippen LogP contribution is -2.37. The molecule has 0 saturated heterocycles. The molecule has 0 fully saturated rings. The lowest BCUT2D eigenvalue weighted by atomic mass is 9.91. The van der Waals surface area contributed by atoms with E-state index in [-0.39, 0.29) is 0 Å². The van der Waals surface area contributed by atoms with E-state index in [1.165, 1.54) is 6.92 Å². The van der Waals surface area contributed by atoms with E-state index < -0.39 is 11.6 Å². The van der Waals surface area contributed by atoms with Gasteiger partial charge >= 0.3 is 5.97 Å². The van der Waals surface area contributed by atoms with E-state index in [1.807, 2.05) is 6.92 Å². The van der Waals surface area contributed by atoms with Crippen LogP contribution in [0.25, 0.3) is 0 Å². The minimum atomic E-state index is -1.70. The van der Waals surface area contributed by atoms with Crippen LogP contribution < -0.4 is 0 Å². The van der Waals surface area contributed by atoms with Gasteiger partial charge in [0, 0.05) is 0 Å². The molecule has 0 radical (unpaired) electrons. The van der Waals surface area contributed by atoms with Crippen molar-refractivity contribution in [3.63, 3.8) is 0 Å². The van der Waals surface area contributed by atoms with Gasteiger partial charge in [-0.05, 0) is 32.3 Å². The highest BCUT2D eigenvalue weighted by atomic mass is 16.4. The van der Waals surface area contributed by atoms with Gasteiger partial charge in [-0.25, -0.2) is 4.79 Å². The van der Waals surface area contributed by atoms with Crippen molar-refractivity contribution in [1.29, 1.82) is 0 Å². The van der Waals surface area contributed by atoms with E-state index in [0.717, 1.165) is 12.8 Å². The lowest BCUT2D eigenvalue weighted by Gasteiger charge is -2.21. The summed E-state index contributed by atoms with van der Waals surface area (Å²) in [5.41, 5.74) is -1.12. The molecule has 76 valence electrons. The molecule has 1 unspecified atom stereocenters. The standard InChI is InChI=1S/C10H18O3/c1-4-6-7-8(5-2)10(3,13)9(11)12/h5,13H,4,6-7H2,1-3H3,(H,11,12)/b8-5+. The lowest BCUT2D eigenvalue weighted by molar-refractivity contribution is -0.153. The summed E-state index contributed by atoms with van der Waals surface area (Å²) in [5, 5.41) is 18.4. The van der Waals surface area contributed by atoms with E-state index >= 15 is 0 Å². The normalized spacial score (nSPS) is 16.8. The maximum Gasteiger partial charge on any atom is 0.339 e. The smallest absolute Gasteiger partial charge is 0.339 e. The number of aliphatic carboxylic acids is 1. The zero-order valence-electron chi connectivity index (χ0n) is 8.50. The van der Waals surface area contributed by atoms with Crippen molar-refractivity contribution in [2.75, 3.05) is 0 Å². The summed E-state index contributed by atoms with van der Waals surface area (Å²) in [6.07, 6.45) is 4.23. The second kappa shape index (κ2) is 5.02. The van der Waals surface area contributed by atoms with Gasteiger partial charge in [0.05, 0.1) is 0 Å². The van der Waals surface area contributed by atoms with E-state index in [2.05, 4.69) is 0 Å². The number of aliphatic hydroxyl groups is 1. The van der Waals surface area contributed by atoms with Crippen molar-refractivity contribution in [2.45, 2.75) is 45.6 Å². The molecule has 0 aliphatic heterocycles. The van der Waals surface area contributed by atoms with Crippen molar-refractivity contribution in [1.82, 2.24) is 0 Å². The topological polar surface area (TPSA) is 57.5 Å². The third-order valence-corrected chi connectivity index (χ3v) is 2.19. The molecule has 3 heteroatoms. The molecule has 0 amide bonds. The molecule has 0 aliphatic carbocycles. The minimum absolute atomic E-state index is 0.585. The maximum atomic E-state index is 10.7. The van der Waals surface area contributed by atoms with Gasteiger partial charge in [-0.15, -0.1) is 0 Å². The summed E-state index contributed by atoms with van der Waals surface area (Å²) in [5.74, 6) is -1.18. The Labute approximate surface area is 79.1 Å². The predicted octanol–water partition coefficient (Wildman–Crippen LogP) is 1.96. The van der Waals surface area contributed by atoms with Gasteiger partial charge < -0.3 is 10.2 Å². The van der Waals surface area contributed by atoms with Crippen LogP contribution in [0.15, 0.2) is 11.6 Å². The molecule has 0 spiro atoms. The average molecular weight is 186 g/mol. The summed E-state index contributed by atoms with van der Waals surface area (Å²) >= 11 is 0. The molecule has 0 rings (SSSR count). The third kappa shape index (κ3) is 3.19. The Morgan fingerprint density at radius 1 is 1.54 bits per heavy atom. The highest BCUT2D eigenvalue weighted by molar-refractivity contribution is 5.80. The first-order chi connectivity index (χ1) is 5.96. The van der Waals surface area contributed by atoms with E-state index in [1.54, 1.807) is 13.0 Å². The largest absolute Gasteiger partial charge is 0.479 e. The van der Waals surface area contributed by atoms with Crippen molar-refractivity contribution >= 4 is 5.97 Å². The monoisotopic (exact) mass is 186 g/mol. The molecule has 0 aromatic heterocycles. The Kier molecular flexibility index (Phi) is 4.70. The summed E-state index contributed by atoms with van der Waals surface area (Å²) in [4.78, 5) is 10.7. The van der Waals surface area contributed by atoms with Gasteiger partial charge in [0.25, 0.3) is 0 Å². The molecule has 13 heavy (non-hydrogen) atoms. The maximum absolute atomic E-state index is 10.7. The van der Waals surface area contributed by atoms with Gasteiger partial charge in [0.1, 0.15) is 0 Å². The second-order valence-electron chi connectivity index (χ2n) is 3.29. The Morgan fingerprint density at radius 3 is 2.38 bits per heavy atom. The Bertz CT molecular complexity index is 204. The fraction of sp³-hybridized carbons (Fsp3) is 0.700. The van der Waals surface area contributed by atoms with Crippen LogP contribution in [0, 0.1) is 0 Å².